The van der Waals surface area contributed by atoms with E-state index >= 15 is 0 Å². The van der Waals surface area contributed by atoms with Crippen molar-refractivity contribution in [3.63, 3.8) is 0 Å². The van der Waals surface area contributed by atoms with Gasteiger partial charge in [0.2, 0.25) is 5.95 Å². The van der Waals surface area contributed by atoms with Gasteiger partial charge in [-0.2, -0.15) is 13.2 Å². The summed E-state index contributed by atoms with van der Waals surface area (Å²) < 4.78 is 47.5. The van der Waals surface area contributed by atoms with Crippen LogP contribution >= 0.6 is 0 Å². The van der Waals surface area contributed by atoms with E-state index in [9.17, 15) is 13.2 Å². The average molecular weight is 305 g/mol. The number of hydrogen-bond donors (Lipinski definition) is 0. The van der Waals surface area contributed by atoms with Gasteiger partial charge in [0.25, 0.3) is 0 Å². The highest BCUT2D eigenvalue weighted by Gasteiger charge is 2.27. The predicted octanol–water partition coefficient (Wildman–Crippen LogP) is 1.82. The summed E-state index contributed by atoms with van der Waals surface area (Å²) in [5.41, 5.74) is 0.380. The lowest BCUT2D eigenvalue weighted by Crippen LogP contribution is -2.39. The minimum absolute atomic E-state index is 0.0776. The molecule has 1 atom stereocenters. The number of rotatable bonds is 5. The Labute approximate surface area is 121 Å². The number of hydrogen-bond acceptors (Lipinski definition) is 5. The predicted molar refractivity (Wildman–Crippen MR) is 70.2 cm³/mol. The van der Waals surface area contributed by atoms with E-state index in [0.717, 1.165) is 0 Å². The zero-order valence-corrected chi connectivity index (χ0v) is 11.8. The number of nitrogens with zero attached hydrogens (tertiary/aromatic N) is 3. The third kappa shape index (κ3) is 5.47. The second-order valence-electron chi connectivity index (χ2n) is 4.91. The van der Waals surface area contributed by atoms with Crippen LogP contribution in [0.15, 0.2) is 12.3 Å². The fourth-order valence-corrected chi connectivity index (χ4v) is 2.01. The molecule has 0 spiro atoms. The number of aromatic nitrogens is 2. The van der Waals surface area contributed by atoms with Crippen molar-refractivity contribution < 1.29 is 22.6 Å². The molecule has 0 amide bonds. The van der Waals surface area contributed by atoms with Crippen LogP contribution in [0.25, 0.3) is 0 Å². The van der Waals surface area contributed by atoms with Crippen molar-refractivity contribution in [3.8, 4) is 0 Å². The molecule has 118 valence electrons. The van der Waals surface area contributed by atoms with E-state index in [1.54, 1.807) is 11.9 Å². The minimum atomic E-state index is -4.18. The van der Waals surface area contributed by atoms with Crippen molar-refractivity contribution in [1.29, 1.82) is 0 Å². The van der Waals surface area contributed by atoms with Gasteiger partial charge in [0.05, 0.1) is 25.9 Å². The molecular formula is C13H18F3N3O2. The second kappa shape index (κ2) is 7.04. The van der Waals surface area contributed by atoms with Crippen molar-refractivity contribution in [3.05, 3.63) is 18.0 Å². The van der Waals surface area contributed by atoms with Crippen LogP contribution in [0.3, 0.4) is 0 Å². The molecule has 1 aromatic heterocycles. The molecule has 1 aliphatic heterocycles. The Hall–Kier alpha value is -1.41. The van der Waals surface area contributed by atoms with Crippen molar-refractivity contribution in [2.45, 2.75) is 25.1 Å². The first-order valence-electron chi connectivity index (χ1n) is 6.73. The van der Waals surface area contributed by atoms with Gasteiger partial charge < -0.3 is 14.4 Å². The lowest BCUT2D eigenvalue weighted by atomic mass is 10.2. The molecule has 1 aliphatic rings. The third-order valence-corrected chi connectivity index (χ3v) is 3.07. The highest BCUT2D eigenvalue weighted by atomic mass is 19.4. The maximum absolute atomic E-state index is 12.2. The molecule has 0 N–H and O–H groups in total. The average Bonchev–Trinajstić information content (AvgIpc) is 2.46. The summed E-state index contributed by atoms with van der Waals surface area (Å²) in [5, 5.41) is 0. The summed E-state index contributed by atoms with van der Waals surface area (Å²) in [6.07, 6.45) is -3.80. The van der Waals surface area contributed by atoms with Crippen LogP contribution in [0.5, 0.6) is 0 Å². The summed E-state index contributed by atoms with van der Waals surface area (Å²) in [5.74, 6) is 0.392. The van der Waals surface area contributed by atoms with Crippen LogP contribution in [0.4, 0.5) is 19.1 Å². The van der Waals surface area contributed by atoms with Gasteiger partial charge in [-0.15, -0.1) is 0 Å². The van der Waals surface area contributed by atoms with E-state index < -0.39 is 12.6 Å². The lowest BCUT2D eigenvalue weighted by molar-refractivity contribution is -0.134. The Kier molecular flexibility index (Phi) is 5.35. The molecule has 1 aromatic rings. The summed E-state index contributed by atoms with van der Waals surface area (Å²) >= 11 is 0. The molecule has 1 fully saturated rings. The Morgan fingerprint density at radius 1 is 1.38 bits per heavy atom. The number of halogens is 3. The molecule has 5 nitrogen and oxygen atoms in total. The molecule has 0 bridgehead atoms. The van der Waals surface area contributed by atoms with Crippen LogP contribution in [-0.2, 0) is 15.9 Å². The zero-order valence-electron chi connectivity index (χ0n) is 11.8. The van der Waals surface area contributed by atoms with Gasteiger partial charge in [0, 0.05) is 31.9 Å². The first kappa shape index (κ1) is 16.0. The quantitative estimate of drug-likeness (QED) is 0.830. The third-order valence-electron chi connectivity index (χ3n) is 3.07. The highest BCUT2D eigenvalue weighted by molar-refractivity contribution is 5.29. The van der Waals surface area contributed by atoms with Crippen LogP contribution in [0.2, 0.25) is 0 Å². The Balaban J connectivity index is 1.92. The molecule has 21 heavy (non-hydrogen) atoms. The maximum Gasteiger partial charge on any atom is 0.389 e. The van der Waals surface area contributed by atoms with Crippen molar-refractivity contribution in [1.82, 2.24) is 9.97 Å². The smallest absolute Gasteiger partial charge is 0.376 e. The Bertz CT molecular complexity index is 451. The first-order chi connectivity index (χ1) is 9.94. The Morgan fingerprint density at radius 3 is 2.86 bits per heavy atom. The number of ether oxygens (including phenoxy) is 2. The summed E-state index contributed by atoms with van der Waals surface area (Å²) in [6.45, 7) is 2.16. The zero-order chi connectivity index (χ0) is 15.3. The van der Waals surface area contributed by atoms with Crippen molar-refractivity contribution in [2.75, 3.05) is 38.3 Å². The number of alkyl halides is 3. The van der Waals surface area contributed by atoms with Gasteiger partial charge in [-0.1, -0.05) is 0 Å². The van der Waals surface area contributed by atoms with E-state index in [2.05, 4.69) is 9.97 Å². The van der Waals surface area contributed by atoms with E-state index in [-0.39, 0.29) is 12.5 Å². The molecule has 0 unspecified atom stereocenters. The molecule has 0 saturated carbocycles. The van der Waals surface area contributed by atoms with Gasteiger partial charge in [0.15, 0.2) is 0 Å². The summed E-state index contributed by atoms with van der Waals surface area (Å²) in [4.78, 5) is 10.0. The van der Waals surface area contributed by atoms with Crippen LogP contribution < -0.4 is 4.90 Å². The highest BCUT2D eigenvalue weighted by Crippen LogP contribution is 2.21. The monoisotopic (exact) mass is 305 g/mol. The maximum atomic E-state index is 12.2. The fourth-order valence-electron chi connectivity index (χ4n) is 2.01. The lowest BCUT2D eigenvalue weighted by Gasteiger charge is -2.27. The van der Waals surface area contributed by atoms with E-state index in [4.69, 9.17) is 9.47 Å². The van der Waals surface area contributed by atoms with Gasteiger partial charge in [-0.05, 0) is 12.5 Å². The normalized spacial score (nSPS) is 19.5. The topological polar surface area (TPSA) is 47.5 Å². The van der Waals surface area contributed by atoms with Gasteiger partial charge in [-0.3, -0.25) is 0 Å². The number of aryl methyl sites for hydroxylation is 1. The molecular weight excluding hydrogens is 287 g/mol. The SMILES string of the molecule is CN(C[C@@H]1COCCO1)c1nccc(CCC(F)(F)F)n1. The van der Waals surface area contributed by atoms with E-state index in [1.807, 2.05) is 0 Å². The van der Waals surface area contributed by atoms with Gasteiger partial charge in [-0.25, -0.2) is 9.97 Å². The number of anilines is 1. The molecule has 1 saturated heterocycles. The number of likely N-dealkylation sites (N-methyl/N-ethyl adjacent to an activating group) is 1. The molecule has 0 radical (unpaired) electrons. The van der Waals surface area contributed by atoms with Crippen LogP contribution in [-0.4, -0.2) is 55.7 Å². The van der Waals surface area contributed by atoms with Gasteiger partial charge >= 0.3 is 6.18 Å². The second-order valence-corrected chi connectivity index (χ2v) is 4.91. The van der Waals surface area contributed by atoms with E-state index in [1.165, 1.54) is 12.3 Å². The molecule has 8 heteroatoms. The minimum Gasteiger partial charge on any atom is -0.376 e. The summed E-state index contributed by atoms with van der Waals surface area (Å²) in [7, 11) is 1.78. The molecule has 2 rings (SSSR count). The first-order valence-corrected chi connectivity index (χ1v) is 6.73. The fraction of sp³-hybridized carbons (Fsp3) is 0.692. The standard InChI is InChI=1S/C13H18F3N3O2/c1-19(8-11-9-20-6-7-21-11)12-17-5-3-10(18-12)2-4-13(14,15)16/h3,5,11H,2,4,6-9H2,1H3/t11-/m1/s1. The summed E-state index contributed by atoms with van der Waals surface area (Å²) in [6, 6.07) is 1.50. The van der Waals surface area contributed by atoms with E-state index in [0.29, 0.717) is 38.0 Å². The molecule has 0 aliphatic carbocycles. The largest absolute Gasteiger partial charge is 0.389 e. The molecule has 0 aromatic carbocycles. The van der Waals surface area contributed by atoms with Gasteiger partial charge in [0.1, 0.15) is 0 Å². The van der Waals surface area contributed by atoms with Crippen molar-refractivity contribution in [2.24, 2.45) is 0 Å². The Morgan fingerprint density at radius 2 is 2.19 bits per heavy atom. The molecule has 2 heterocycles. The van der Waals surface area contributed by atoms with Crippen molar-refractivity contribution >= 4 is 5.95 Å². The van der Waals surface area contributed by atoms with Crippen LogP contribution in [0.1, 0.15) is 12.1 Å². The van der Waals surface area contributed by atoms with Crippen LogP contribution in [0, 0.1) is 0 Å².